The van der Waals surface area contributed by atoms with E-state index in [0.717, 1.165) is 0 Å². The minimum absolute atomic E-state index is 0. The second kappa shape index (κ2) is 15.5. The minimum atomic E-state index is -0.250. The number of hydrogen-bond acceptors (Lipinski definition) is 0. The van der Waals surface area contributed by atoms with Gasteiger partial charge in [-0.2, -0.15) is 0 Å². The number of nitrogens with one attached hydrogen (secondary N) is 4. The molecule has 0 aliphatic rings. The van der Waals surface area contributed by atoms with Crippen LogP contribution in [0.5, 0.6) is 0 Å². The van der Waals surface area contributed by atoms with Crippen molar-refractivity contribution in [2.75, 3.05) is 0 Å². The fourth-order valence-corrected chi connectivity index (χ4v) is 0. The molecule has 0 atom stereocenters. The maximum Gasteiger partial charge on any atom is 3.00 e. The SMILES string of the molecule is CC(C)(C)[NH-].CC(C)(C)[NH-].CC(C)(C)[NH-].CC(C)(C)[NH-].[Al+3].[Li+]. The average molecular weight is 322 g/mol. The van der Waals surface area contributed by atoms with Crippen LogP contribution in [0.2, 0.25) is 0 Å². The summed E-state index contributed by atoms with van der Waals surface area (Å²) in [5.74, 6) is 0. The van der Waals surface area contributed by atoms with Crippen molar-refractivity contribution < 1.29 is 18.9 Å². The summed E-state index contributed by atoms with van der Waals surface area (Å²) in [6.45, 7) is 22.3. The van der Waals surface area contributed by atoms with E-state index in [9.17, 15) is 0 Å². The Hall–Kier alpha value is 0.970. The Bertz CT molecular complexity index is 136. The van der Waals surface area contributed by atoms with Crippen molar-refractivity contribution in [1.82, 2.24) is 0 Å². The fourth-order valence-electron chi connectivity index (χ4n) is 0. The van der Waals surface area contributed by atoms with Crippen LogP contribution in [-0.4, -0.2) is 39.5 Å². The Morgan fingerprint density at radius 1 is 0.364 bits per heavy atom. The van der Waals surface area contributed by atoms with E-state index in [1.807, 2.05) is 83.1 Å². The van der Waals surface area contributed by atoms with Gasteiger partial charge in [-0.05, 0) is 0 Å². The van der Waals surface area contributed by atoms with Crippen molar-refractivity contribution in [3.63, 3.8) is 0 Å². The van der Waals surface area contributed by atoms with Crippen LogP contribution in [-0.2, 0) is 0 Å². The zero-order valence-corrected chi connectivity index (χ0v) is 18.7. The molecular formula is C16H40AlLiN4. The van der Waals surface area contributed by atoms with Crippen molar-refractivity contribution >= 4 is 17.4 Å². The predicted molar refractivity (Wildman–Crippen MR) is 102 cm³/mol. The van der Waals surface area contributed by atoms with Gasteiger partial charge in [-0.1, -0.05) is 83.1 Å². The zero-order valence-electron chi connectivity index (χ0n) is 17.6. The van der Waals surface area contributed by atoms with E-state index in [1.54, 1.807) is 0 Å². The molecule has 0 saturated carbocycles. The maximum absolute atomic E-state index is 6.94. The quantitative estimate of drug-likeness (QED) is 0.603. The van der Waals surface area contributed by atoms with Gasteiger partial charge in [-0.25, -0.2) is 0 Å². The minimum Gasteiger partial charge on any atom is -0.673 e. The van der Waals surface area contributed by atoms with Gasteiger partial charge < -0.3 is 22.9 Å². The van der Waals surface area contributed by atoms with Crippen LogP contribution >= 0.6 is 0 Å². The van der Waals surface area contributed by atoms with Crippen LogP contribution in [0.1, 0.15) is 83.1 Å². The van der Waals surface area contributed by atoms with Gasteiger partial charge in [0.2, 0.25) is 0 Å². The molecule has 4 nitrogen and oxygen atoms in total. The van der Waals surface area contributed by atoms with Crippen LogP contribution in [0.25, 0.3) is 22.9 Å². The molecule has 0 unspecified atom stereocenters. The van der Waals surface area contributed by atoms with Gasteiger partial charge in [0.05, 0.1) is 0 Å². The first kappa shape index (κ1) is 38.5. The molecule has 0 rings (SSSR count). The predicted octanol–water partition coefficient (Wildman–Crippen LogP) is 3.97. The molecule has 0 heterocycles. The Morgan fingerprint density at radius 3 is 0.364 bits per heavy atom. The molecule has 0 aromatic heterocycles. The maximum atomic E-state index is 6.94. The van der Waals surface area contributed by atoms with Crippen LogP contribution in [0.4, 0.5) is 0 Å². The number of hydrogen-bond donors (Lipinski definition) is 0. The van der Waals surface area contributed by atoms with Crippen molar-refractivity contribution in [1.29, 1.82) is 0 Å². The summed E-state index contributed by atoms with van der Waals surface area (Å²) >= 11 is 0. The Labute approximate surface area is 164 Å². The molecule has 0 bridgehead atoms. The topological polar surface area (TPSA) is 95.2 Å². The normalized spacial score (nSPS) is 10.9. The van der Waals surface area contributed by atoms with E-state index < -0.39 is 0 Å². The molecule has 0 aliphatic heterocycles. The van der Waals surface area contributed by atoms with Crippen LogP contribution in [0.3, 0.4) is 0 Å². The van der Waals surface area contributed by atoms with E-state index >= 15 is 0 Å². The summed E-state index contributed by atoms with van der Waals surface area (Å²) in [7, 11) is 0. The van der Waals surface area contributed by atoms with Gasteiger partial charge >= 0.3 is 36.2 Å². The van der Waals surface area contributed by atoms with E-state index in [1.165, 1.54) is 0 Å². The first-order valence-electron chi connectivity index (χ1n) is 7.00. The molecule has 0 fully saturated rings. The molecule has 0 spiro atoms. The van der Waals surface area contributed by atoms with Gasteiger partial charge in [0.25, 0.3) is 0 Å². The number of rotatable bonds is 0. The van der Waals surface area contributed by atoms with Crippen molar-refractivity contribution in [3.05, 3.63) is 22.9 Å². The van der Waals surface area contributed by atoms with Crippen molar-refractivity contribution in [3.8, 4) is 0 Å². The van der Waals surface area contributed by atoms with Gasteiger partial charge in [0, 0.05) is 0 Å². The molecule has 0 aliphatic carbocycles. The average Bonchev–Trinajstić information content (AvgIpc) is 1.62. The first-order chi connectivity index (χ1) is 8.00. The van der Waals surface area contributed by atoms with Gasteiger partial charge in [0.1, 0.15) is 0 Å². The largest absolute Gasteiger partial charge is 3.00 e. The van der Waals surface area contributed by atoms with Crippen LogP contribution in [0.15, 0.2) is 0 Å². The smallest absolute Gasteiger partial charge is 0.673 e. The molecule has 0 saturated heterocycles. The summed E-state index contributed by atoms with van der Waals surface area (Å²) in [5, 5.41) is 0. The summed E-state index contributed by atoms with van der Waals surface area (Å²) in [6, 6.07) is 0. The molecule has 0 aromatic rings. The van der Waals surface area contributed by atoms with E-state index in [4.69, 9.17) is 22.9 Å². The Kier molecular flexibility index (Phi) is 27.1. The third-order valence-corrected chi connectivity index (χ3v) is 0. The molecule has 0 amide bonds. The zero-order chi connectivity index (χ0) is 18.0. The summed E-state index contributed by atoms with van der Waals surface area (Å²) in [4.78, 5) is 0. The van der Waals surface area contributed by atoms with Gasteiger partial charge in [-0.3, -0.25) is 0 Å². The van der Waals surface area contributed by atoms with Gasteiger partial charge in [0.15, 0.2) is 0 Å². The van der Waals surface area contributed by atoms with Crippen molar-refractivity contribution in [2.45, 2.75) is 105 Å². The second-order valence-electron chi connectivity index (χ2n) is 9.00. The molecule has 4 N–H and O–H groups in total. The molecule has 128 valence electrons. The van der Waals surface area contributed by atoms with E-state index in [0.29, 0.717) is 0 Å². The fraction of sp³-hybridized carbons (Fsp3) is 1.00. The van der Waals surface area contributed by atoms with E-state index in [2.05, 4.69) is 0 Å². The standard InChI is InChI=1S/4C4H10N.Al.Li/c4*1-4(2,3)5;;/h4*5H,1-3H3;;/q4*-1;+3;+1. The molecule has 0 radical (unpaired) electrons. The monoisotopic (exact) mass is 322 g/mol. The Balaban J connectivity index is -0.0000000376. The molecule has 0 aromatic carbocycles. The van der Waals surface area contributed by atoms with E-state index in [-0.39, 0.29) is 58.4 Å². The summed E-state index contributed by atoms with van der Waals surface area (Å²) in [6.07, 6.45) is 0. The van der Waals surface area contributed by atoms with Crippen LogP contribution in [0, 0.1) is 0 Å². The van der Waals surface area contributed by atoms with Crippen LogP contribution < -0.4 is 18.9 Å². The summed E-state index contributed by atoms with van der Waals surface area (Å²) in [5.41, 5.74) is 26.8. The molecular weight excluding hydrogens is 282 g/mol. The summed E-state index contributed by atoms with van der Waals surface area (Å²) < 4.78 is 0. The molecule has 22 heavy (non-hydrogen) atoms. The molecule has 6 heteroatoms. The third kappa shape index (κ3) is 8890. The first-order valence-corrected chi connectivity index (χ1v) is 7.00. The van der Waals surface area contributed by atoms with Crippen molar-refractivity contribution in [2.24, 2.45) is 0 Å². The van der Waals surface area contributed by atoms with Gasteiger partial charge in [-0.15, -0.1) is 22.2 Å². The second-order valence-corrected chi connectivity index (χ2v) is 9.00. The third-order valence-electron chi connectivity index (χ3n) is 0. The Morgan fingerprint density at radius 2 is 0.364 bits per heavy atom.